The Bertz CT molecular complexity index is 864. The number of hydrogen-bond donors (Lipinski definition) is 3. The molecule has 2 aromatic rings. The van der Waals surface area contributed by atoms with Gasteiger partial charge < -0.3 is 15.1 Å². The zero-order chi connectivity index (χ0) is 20.1. The fraction of sp³-hybridized carbons (Fsp3) is 0.667. The van der Waals surface area contributed by atoms with Crippen molar-refractivity contribution in [3.8, 4) is 0 Å². The molecule has 1 aliphatic heterocycles. The number of aromatic nitrogens is 1. The summed E-state index contributed by atoms with van der Waals surface area (Å²) in [7, 11) is 0. The van der Waals surface area contributed by atoms with E-state index >= 15 is 0 Å². The minimum Gasteiger partial charge on any atom is -0.346 e. The first-order valence-electron chi connectivity index (χ1n) is 12.0. The number of hydrogen-bond acceptors (Lipinski definition) is 3. The van der Waals surface area contributed by atoms with Crippen LogP contribution in [0, 0.1) is 17.8 Å². The number of carbonyl (C=O) groups is 1. The molecule has 0 radical (unpaired) electrons. The van der Waals surface area contributed by atoms with E-state index in [2.05, 4.69) is 29.6 Å². The van der Waals surface area contributed by atoms with Crippen molar-refractivity contribution < 1.29 is 14.6 Å². The molecule has 1 saturated heterocycles. The van der Waals surface area contributed by atoms with Crippen LogP contribution in [-0.2, 0) is 11.3 Å². The summed E-state index contributed by atoms with van der Waals surface area (Å²) in [5.41, 5.74) is 1.29. The lowest BCUT2D eigenvalue weighted by molar-refractivity contribution is -1.02. The minimum absolute atomic E-state index is 0.158. The Kier molecular flexibility index (Phi) is 4.85. The van der Waals surface area contributed by atoms with Crippen LogP contribution < -0.4 is 15.1 Å². The predicted molar refractivity (Wildman–Crippen MR) is 119 cm³/mol. The van der Waals surface area contributed by atoms with Gasteiger partial charge in [0, 0.05) is 5.54 Å². The van der Waals surface area contributed by atoms with E-state index in [1.165, 1.54) is 53.1 Å². The Balaban J connectivity index is 0.998. The number of amides is 1. The number of thiazole rings is 1. The molecule has 4 bridgehead atoms. The lowest BCUT2D eigenvalue weighted by atomic mass is 9.53. The van der Waals surface area contributed by atoms with Crippen LogP contribution in [0.15, 0.2) is 24.3 Å². The number of piperazine rings is 1. The third kappa shape index (κ3) is 3.78. The molecule has 0 unspecified atom stereocenters. The number of quaternary nitrogens is 2. The number of nitrogens with zero attached hydrogens (tertiary/aromatic N) is 1. The van der Waals surface area contributed by atoms with Crippen molar-refractivity contribution in [3.05, 3.63) is 29.3 Å². The standard InChI is InChI=1S/C24H32N4OS/c29-22(26-24-12-17-9-18(13-24)11-19(10-17)14-24)15-27-5-7-28(8-6-27)16-23-25-20-3-1-2-4-21(20)30-23/h1-4,17-19H,5-16H2,(H,26,29)/p+2. The molecule has 30 heavy (non-hydrogen) atoms. The second-order valence-corrected chi connectivity index (χ2v) is 11.8. The Morgan fingerprint density at radius 3 is 2.30 bits per heavy atom. The molecule has 0 spiro atoms. The smallest absolute Gasteiger partial charge is 0.275 e. The van der Waals surface area contributed by atoms with Crippen molar-refractivity contribution in [2.45, 2.75) is 50.6 Å². The number of nitrogens with one attached hydrogen (secondary N) is 3. The van der Waals surface area contributed by atoms with Crippen molar-refractivity contribution in [1.29, 1.82) is 0 Å². The van der Waals surface area contributed by atoms with E-state index in [-0.39, 0.29) is 5.54 Å². The predicted octanol–water partition coefficient (Wildman–Crippen LogP) is 0.665. The van der Waals surface area contributed by atoms with Crippen LogP contribution >= 0.6 is 11.3 Å². The number of fused-ring (bicyclic) bond motifs is 1. The van der Waals surface area contributed by atoms with Crippen molar-refractivity contribution >= 4 is 27.5 Å². The zero-order valence-corrected chi connectivity index (χ0v) is 18.6. The summed E-state index contributed by atoms with van der Waals surface area (Å²) in [4.78, 5) is 20.8. The molecule has 5 aliphatic rings. The van der Waals surface area contributed by atoms with Crippen molar-refractivity contribution in [2.24, 2.45) is 17.8 Å². The Hall–Kier alpha value is -1.50. The second-order valence-electron chi connectivity index (χ2n) is 10.7. The molecular weight excluding hydrogens is 392 g/mol. The molecule has 3 N–H and O–H groups in total. The topological polar surface area (TPSA) is 50.9 Å². The molecule has 5 fully saturated rings. The summed E-state index contributed by atoms with van der Waals surface area (Å²) in [6, 6.07) is 8.43. The van der Waals surface area contributed by atoms with Crippen molar-refractivity contribution in [2.75, 3.05) is 32.7 Å². The second kappa shape index (κ2) is 7.57. The molecule has 4 saturated carbocycles. The highest BCUT2D eigenvalue weighted by molar-refractivity contribution is 7.18. The molecule has 1 amide bonds. The molecule has 6 heteroatoms. The molecule has 2 heterocycles. The third-order valence-electron chi connectivity index (χ3n) is 8.26. The van der Waals surface area contributed by atoms with Gasteiger partial charge in [-0.05, 0) is 68.4 Å². The van der Waals surface area contributed by atoms with Gasteiger partial charge in [-0.2, -0.15) is 0 Å². The van der Waals surface area contributed by atoms with Gasteiger partial charge in [0.1, 0.15) is 37.7 Å². The molecule has 160 valence electrons. The van der Waals surface area contributed by atoms with Crippen molar-refractivity contribution in [3.63, 3.8) is 0 Å². The average molecular weight is 427 g/mol. The summed E-state index contributed by atoms with van der Waals surface area (Å²) >= 11 is 1.83. The normalized spacial score (nSPS) is 37.5. The number of rotatable bonds is 5. The molecule has 1 aromatic carbocycles. The lowest BCUT2D eigenvalue weighted by Gasteiger charge is -2.56. The molecule has 7 rings (SSSR count). The molecule has 4 aliphatic carbocycles. The van der Waals surface area contributed by atoms with E-state index in [1.54, 1.807) is 4.90 Å². The van der Waals surface area contributed by atoms with Crippen LogP contribution in [0.1, 0.15) is 43.5 Å². The first-order chi connectivity index (χ1) is 14.6. The van der Waals surface area contributed by atoms with E-state index in [1.807, 2.05) is 11.3 Å². The molecule has 5 nitrogen and oxygen atoms in total. The van der Waals surface area contributed by atoms with Gasteiger partial charge in [0.25, 0.3) is 5.91 Å². The van der Waals surface area contributed by atoms with E-state index in [9.17, 15) is 4.79 Å². The molecular formula is C24H34N4OS+2. The van der Waals surface area contributed by atoms with E-state index in [0.29, 0.717) is 12.5 Å². The van der Waals surface area contributed by atoms with Crippen LogP contribution in [0.2, 0.25) is 0 Å². The Morgan fingerprint density at radius 2 is 1.63 bits per heavy atom. The maximum Gasteiger partial charge on any atom is 0.275 e. The first kappa shape index (κ1) is 19.2. The van der Waals surface area contributed by atoms with Crippen LogP contribution in [0.5, 0.6) is 0 Å². The van der Waals surface area contributed by atoms with E-state index < -0.39 is 0 Å². The maximum absolute atomic E-state index is 12.9. The lowest BCUT2D eigenvalue weighted by Crippen LogP contribution is -3.28. The highest BCUT2D eigenvalue weighted by atomic mass is 32.1. The first-order valence-corrected chi connectivity index (χ1v) is 12.8. The van der Waals surface area contributed by atoms with Crippen LogP contribution in [-0.4, -0.2) is 49.2 Å². The van der Waals surface area contributed by atoms with Gasteiger partial charge in [0.15, 0.2) is 6.54 Å². The van der Waals surface area contributed by atoms with Gasteiger partial charge in [-0.15, -0.1) is 11.3 Å². The van der Waals surface area contributed by atoms with Crippen molar-refractivity contribution in [1.82, 2.24) is 10.3 Å². The summed E-state index contributed by atoms with van der Waals surface area (Å²) in [5.74, 6) is 2.97. The number of carbonyl (C=O) groups excluding carboxylic acids is 1. The largest absolute Gasteiger partial charge is 0.346 e. The van der Waals surface area contributed by atoms with Crippen LogP contribution in [0.25, 0.3) is 10.2 Å². The Labute approximate surface area is 182 Å². The van der Waals surface area contributed by atoms with Gasteiger partial charge in [-0.3, -0.25) is 4.79 Å². The Morgan fingerprint density at radius 1 is 1.00 bits per heavy atom. The summed E-state index contributed by atoms with van der Waals surface area (Å²) < 4.78 is 1.29. The number of para-hydroxylation sites is 1. The highest BCUT2D eigenvalue weighted by Gasteiger charge is 2.51. The summed E-state index contributed by atoms with van der Waals surface area (Å²) in [6.45, 7) is 6.14. The fourth-order valence-corrected chi connectivity index (χ4v) is 8.39. The third-order valence-corrected chi connectivity index (χ3v) is 9.29. The van der Waals surface area contributed by atoms with Gasteiger partial charge in [0.2, 0.25) is 0 Å². The zero-order valence-electron chi connectivity index (χ0n) is 17.8. The number of benzene rings is 1. The maximum atomic E-state index is 12.9. The summed E-state index contributed by atoms with van der Waals surface area (Å²) in [6.07, 6.45) is 8.04. The highest BCUT2D eigenvalue weighted by Crippen LogP contribution is 2.55. The van der Waals surface area contributed by atoms with Crippen LogP contribution in [0.4, 0.5) is 0 Å². The quantitative estimate of drug-likeness (QED) is 0.658. The molecule has 0 atom stereocenters. The van der Waals surface area contributed by atoms with Gasteiger partial charge >= 0.3 is 0 Å². The van der Waals surface area contributed by atoms with Crippen LogP contribution in [0.3, 0.4) is 0 Å². The van der Waals surface area contributed by atoms with E-state index in [4.69, 9.17) is 4.98 Å². The van der Waals surface area contributed by atoms with Gasteiger partial charge in [0.05, 0.1) is 10.2 Å². The van der Waals surface area contributed by atoms with Gasteiger partial charge in [-0.1, -0.05) is 12.1 Å². The monoisotopic (exact) mass is 426 g/mol. The molecule has 1 aromatic heterocycles. The average Bonchev–Trinajstić information content (AvgIpc) is 3.10. The minimum atomic E-state index is 0.158. The fourth-order valence-electron chi connectivity index (χ4n) is 7.35. The van der Waals surface area contributed by atoms with Gasteiger partial charge in [-0.25, -0.2) is 4.98 Å². The summed E-state index contributed by atoms with van der Waals surface area (Å²) in [5, 5.41) is 4.81. The SMILES string of the molecule is O=C(C[NH+]1CC[NH+](Cc2nc3ccccc3s2)CC1)NC12CC3CC(CC(C3)C1)C2. The van der Waals surface area contributed by atoms with E-state index in [0.717, 1.165) is 56.0 Å².